The minimum absolute atomic E-state index is 0.0964. The van der Waals surface area contributed by atoms with Crippen LogP contribution in [0.15, 0.2) is 24.3 Å². The molecule has 0 aliphatic heterocycles. The molecule has 1 aromatic rings. The van der Waals surface area contributed by atoms with Crippen LogP contribution in [-0.2, 0) is 15.9 Å². The van der Waals surface area contributed by atoms with Crippen LogP contribution < -0.4 is 5.32 Å². The second kappa shape index (κ2) is 9.82. The lowest BCUT2D eigenvalue weighted by molar-refractivity contribution is -0.137. The van der Waals surface area contributed by atoms with E-state index >= 15 is 0 Å². The fourth-order valence-corrected chi connectivity index (χ4v) is 2.09. The van der Waals surface area contributed by atoms with Crippen LogP contribution in [0.1, 0.15) is 39.2 Å². The average Bonchev–Trinajstić information content (AvgIpc) is 2.41. The van der Waals surface area contributed by atoms with E-state index in [1.807, 2.05) is 13.8 Å². The number of para-hydroxylation sites is 1. The molecule has 1 aromatic carbocycles. The molecular weight excluding hydrogens is 238 g/mol. The second-order valence-corrected chi connectivity index (χ2v) is 4.46. The molecule has 1 rings (SSSR count). The maximum Gasteiger partial charge on any atom is 0.159 e. The number of hydrogen-bond acceptors (Lipinski definition) is 3. The Kier molecular flexibility index (Phi) is 8.26. The third-order valence-corrected chi connectivity index (χ3v) is 2.94. The third-order valence-electron chi connectivity index (χ3n) is 2.94. The van der Waals surface area contributed by atoms with Crippen molar-refractivity contribution in [3.63, 3.8) is 0 Å². The molecule has 19 heavy (non-hydrogen) atoms. The highest BCUT2D eigenvalue weighted by molar-refractivity contribution is 5.51. The number of anilines is 1. The quantitative estimate of drug-likeness (QED) is 0.652. The number of benzene rings is 1. The van der Waals surface area contributed by atoms with E-state index in [0.29, 0.717) is 13.2 Å². The van der Waals surface area contributed by atoms with E-state index in [4.69, 9.17) is 9.47 Å². The lowest BCUT2D eigenvalue weighted by Crippen LogP contribution is -2.21. The van der Waals surface area contributed by atoms with Gasteiger partial charge < -0.3 is 14.8 Å². The van der Waals surface area contributed by atoms with Crippen molar-refractivity contribution in [2.45, 2.75) is 46.3 Å². The molecular formula is C16H27NO2. The normalized spacial score (nSPS) is 10.9. The smallest absolute Gasteiger partial charge is 0.159 e. The van der Waals surface area contributed by atoms with Crippen molar-refractivity contribution >= 4 is 5.69 Å². The highest BCUT2D eigenvalue weighted by Gasteiger charge is 2.07. The highest BCUT2D eigenvalue weighted by atomic mass is 16.7. The topological polar surface area (TPSA) is 30.5 Å². The van der Waals surface area contributed by atoms with Crippen molar-refractivity contribution in [1.29, 1.82) is 0 Å². The summed E-state index contributed by atoms with van der Waals surface area (Å²) in [6.07, 6.45) is 3.05. The van der Waals surface area contributed by atoms with Crippen molar-refractivity contribution in [2.24, 2.45) is 0 Å². The van der Waals surface area contributed by atoms with Gasteiger partial charge in [-0.2, -0.15) is 0 Å². The van der Waals surface area contributed by atoms with Gasteiger partial charge >= 0.3 is 0 Å². The zero-order valence-corrected chi connectivity index (χ0v) is 12.4. The first-order chi connectivity index (χ1) is 9.31. The summed E-state index contributed by atoms with van der Waals surface area (Å²) in [6.45, 7) is 8.45. The SMILES string of the molecule is CCCc1ccccc1NCCC(OCC)OCC. The number of aryl methyl sites for hydroxylation is 1. The Morgan fingerprint density at radius 2 is 1.74 bits per heavy atom. The van der Waals surface area contributed by atoms with Crippen LogP contribution in [0.2, 0.25) is 0 Å². The first-order valence-corrected chi connectivity index (χ1v) is 7.36. The highest BCUT2D eigenvalue weighted by Crippen LogP contribution is 2.17. The minimum atomic E-state index is -0.0964. The van der Waals surface area contributed by atoms with Crippen molar-refractivity contribution in [2.75, 3.05) is 25.1 Å². The van der Waals surface area contributed by atoms with E-state index < -0.39 is 0 Å². The second-order valence-electron chi connectivity index (χ2n) is 4.46. The third kappa shape index (κ3) is 6.08. The molecule has 0 radical (unpaired) electrons. The van der Waals surface area contributed by atoms with E-state index in [-0.39, 0.29) is 6.29 Å². The van der Waals surface area contributed by atoms with Gasteiger partial charge in [-0.3, -0.25) is 0 Å². The predicted octanol–water partition coefficient (Wildman–Crippen LogP) is 3.84. The van der Waals surface area contributed by atoms with Gasteiger partial charge in [0.1, 0.15) is 0 Å². The summed E-state index contributed by atoms with van der Waals surface area (Å²) in [5.74, 6) is 0. The zero-order chi connectivity index (χ0) is 13.9. The lowest BCUT2D eigenvalue weighted by atomic mass is 10.1. The largest absolute Gasteiger partial charge is 0.385 e. The summed E-state index contributed by atoms with van der Waals surface area (Å²) in [6, 6.07) is 8.50. The van der Waals surface area contributed by atoms with Crippen LogP contribution in [-0.4, -0.2) is 26.0 Å². The molecule has 0 fully saturated rings. The molecule has 0 spiro atoms. The molecule has 0 heterocycles. The molecule has 0 atom stereocenters. The summed E-state index contributed by atoms with van der Waals surface area (Å²) >= 11 is 0. The van der Waals surface area contributed by atoms with Crippen molar-refractivity contribution < 1.29 is 9.47 Å². The van der Waals surface area contributed by atoms with Gasteiger partial charge in [0, 0.05) is 31.9 Å². The average molecular weight is 265 g/mol. The molecule has 0 aliphatic rings. The van der Waals surface area contributed by atoms with Crippen LogP contribution in [0.4, 0.5) is 5.69 Å². The molecule has 1 N–H and O–H groups in total. The van der Waals surface area contributed by atoms with Gasteiger partial charge in [-0.05, 0) is 31.9 Å². The zero-order valence-electron chi connectivity index (χ0n) is 12.4. The molecule has 0 saturated carbocycles. The van der Waals surface area contributed by atoms with Gasteiger partial charge in [0.05, 0.1) is 0 Å². The Morgan fingerprint density at radius 3 is 2.37 bits per heavy atom. The van der Waals surface area contributed by atoms with Gasteiger partial charge in [0.25, 0.3) is 0 Å². The molecule has 3 nitrogen and oxygen atoms in total. The molecule has 108 valence electrons. The fourth-order valence-electron chi connectivity index (χ4n) is 2.09. The van der Waals surface area contributed by atoms with Gasteiger partial charge in [0.15, 0.2) is 6.29 Å². The number of rotatable bonds is 10. The van der Waals surface area contributed by atoms with Gasteiger partial charge in [-0.15, -0.1) is 0 Å². The van der Waals surface area contributed by atoms with Crippen LogP contribution >= 0.6 is 0 Å². The first-order valence-electron chi connectivity index (χ1n) is 7.36. The van der Waals surface area contributed by atoms with Gasteiger partial charge in [0.2, 0.25) is 0 Å². The van der Waals surface area contributed by atoms with E-state index in [2.05, 4.69) is 36.5 Å². The van der Waals surface area contributed by atoms with Crippen molar-refractivity contribution in [1.82, 2.24) is 0 Å². The lowest BCUT2D eigenvalue weighted by Gasteiger charge is -2.18. The standard InChI is InChI=1S/C16H27NO2/c1-4-9-14-10-7-8-11-15(14)17-13-12-16(18-5-2)19-6-3/h7-8,10-11,16-17H,4-6,9,12-13H2,1-3H3. The number of nitrogens with one attached hydrogen (secondary N) is 1. The first kappa shape index (κ1) is 16.0. The number of ether oxygens (including phenoxy) is 2. The van der Waals surface area contributed by atoms with Gasteiger partial charge in [-0.1, -0.05) is 31.5 Å². The van der Waals surface area contributed by atoms with E-state index in [1.165, 1.54) is 17.7 Å². The van der Waals surface area contributed by atoms with E-state index in [9.17, 15) is 0 Å². The molecule has 0 amide bonds. The maximum atomic E-state index is 5.54. The molecule has 0 aliphatic carbocycles. The van der Waals surface area contributed by atoms with Crippen LogP contribution in [0.25, 0.3) is 0 Å². The van der Waals surface area contributed by atoms with E-state index in [1.54, 1.807) is 0 Å². The number of hydrogen-bond donors (Lipinski definition) is 1. The Morgan fingerprint density at radius 1 is 1.05 bits per heavy atom. The summed E-state index contributed by atoms with van der Waals surface area (Å²) in [5, 5.41) is 3.49. The van der Waals surface area contributed by atoms with Crippen LogP contribution in [0, 0.1) is 0 Å². The van der Waals surface area contributed by atoms with Gasteiger partial charge in [-0.25, -0.2) is 0 Å². The Balaban J connectivity index is 2.42. The van der Waals surface area contributed by atoms with E-state index in [0.717, 1.165) is 19.4 Å². The summed E-state index contributed by atoms with van der Waals surface area (Å²) < 4.78 is 11.1. The van der Waals surface area contributed by atoms with Crippen LogP contribution in [0.5, 0.6) is 0 Å². The molecule has 0 aromatic heterocycles. The minimum Gasteiger partial charge on any atom is -0.385 e. The molecule has 3 heteroatoms. The Labute approximate surface area is 117 Å². The van der Waals surface area contributed by atoms with Crippen LogP contribution in [0.3, 0.4) is 0 Å². The maximum absolute atomic E-state index is 5.54. The molecule has 0 bridgehead atoms. The fraction of sp³-hybridized carbons (Fsp3) is 0.625. The van der Waals surface area contributed by atoms with Crippen molar-refractivity contribution in [3.05, 3.63) is 29.8 Å². The summed E-state index contributed by atoms with van der Waals surface area (Å²) in [4.78, 5) is 0. The van der Waals surface area contributed by atoms with Crippen molar-refractivity contribution in [3.8, 4) is 0 Å². The Hall–Kier alpha value is -1.06. The predicted molar refractivity (Wildman–Crippen MR) is 80.6 cm³/mol. The monoisotopic (exact) mass is 265 g/mol. The molecule has 0 unspecified atom stereocenters. The molecule has 0 saturated heterocycles. The summed E-state index contributed by atoms with van der Waals surface area (Å²) in [7, 11) is 0. The Bertz CT molecular complexity index is 335. The summed E-state index contributed by atoms with van der Waals surface area (Å²) in [5.41, 5.74) is 2.62.